The third-order valence-electron chi connectivity index (χ3n) is 4.53. The second-order valence-corrected chi connectivity index (χ2v) is 7.34. The first-order chi connectivity index (χ1) is 13.5. The van der Waals surface area contributed by atoms with E-state index in [2.05, 4.69) is 9.27 Å². The van der Waals surface area contributed by atoms with Gasteiger partial charge < -0.3 is 4.90 Å². The van der Waals surface area contributed by atoms with Gasteiger partial charge in [-0.05, 0) is 46.9 Å². The lowest BCUT2D eigenvalue weighted by atomic mass is 10.1. The third-order valence-corrected chi connectivity index (χ3v) is 5.35. The molecule has 1 heterocycles. The summed E-state index contributed by atoms with van der Waals surface area (Å²) in [5, 5.41) is 1.05. The first-order valence-electron chi connectivity index (χ1n) is 8.80. The number of alkyl halides is 3. The summed E-state index contributed by atoms with van der Waals surface area (Å²) in [6.45, 7) is 1.09. The summed E-state index contributed by atoms with van der Waals surface area (Å²) in [5.74, 6) is 0.851. The van der Waals surface area contributed by atoms with Gasteiger partial charge in [-0.3, -0.25) is 0 Å². The first-order valence-corrected chi connectivity index (χ1v) is 9.57. The van der Waals surface area contributed by atoms with Crippen LogP contribution < -0.4 is 4.90 Å². The van der Waals surface area contributed by atoms with Crippen molar-refractivity contribution in [2.75, 3.05) is 4.90 Å². The van der Waals surface area contributed by atoms with E-state index in [-0.39, 0.29) is 0 Å². The molecule has 4 aromatic rings. The van der Waals surface area contributed by atoms with Gasteiger partial charge in [0.15, 0.2) is 5.82 Å². The van der Waals surface area contributed by atoms with Gasteiger partial charge in [0, 0.05) is 18.5 Å². The van der Waals surface area contributed by atoms with E-state index < -0.39 is 11.7 Å². The highest BCUT2D eigenvalue weighted by molar-refractivity contribution is 7.13. The quantitative estimate of drug-likeness (QED) is 0.380. The Kier molecular flexibility index (Phi) is 5.05. The molecule has 0 aliphatic heterocycles. The van der Waals surface area contributed by atoms with Crippen LogP contribution in [0.3, 0.4) is 0 Å². The van der Waals surface area contributed by atoms with Gasteiger partial charge in [0.2, 0.25) is 0 Å². The van der Waals surface area contributed by atoms with Gasteiger partial charge in [-0.2, -0.15) is 17.5 Å². The molecule has 4 rings (SSSR count). The number of halogens is 3. The highest BCUT2D eigenvalue weighted by Gasteiger charge is 2.30. The molecule has 142 valence electrons. The summed E-state index contributed by atoms with van der Waals surface area (Å²) >= 11 is 1.43. The Morgan fingerprint density at radius 1 is 0.750 bits per heavy atom. The van der Waals surface area contributed by atoms with Gasteiger partial charge in [-0.15, -0.1) is 0 Å². The maximum absolute atomic E-state index is 12.8. The van der Waals surface area contributed by atoms with Gasteiger partial charge in [-0.25, -0.2) is 0 Å². The standard InChI is InChI=1S/C22H17F3N2S/c23-22(24,25)18-12-10-17(11-13-18)15-27(14-16-6-2-1-3-7-16)21-19-8-4-5-9-20(19)28-26-21/h1-13H,14-15H2. The van der Waals surface area contributed by atoms with Crippen LogP contribution in [0.2, 0.25) is 0 Å². The number of hydrogen-bond donors (Lipinski definition) is 0. The molecule has 3 aromatic carbocycles. The van der Waals surface area contributed by atoms with E-state index in [4.69, 9.17) is 0 Å². The maximum Gasteiger partial charge on any atom is 0.416 e. The Morgan fingerprint density at radius 3 is 2.04 bits per heavy atom. The number of rotatable bonds is 5. The molecule has 28 heavy (non-hydrogen) atoms. The molecule has 0 aliphatic rings. The number of hydrogen-bond acceptors (Lipinski definition) is 3. The Labute approximate surface area is 165 Å². The Bertz CT molecular complexity index is 1060. The number of anilines is 1. The van der Waals surface area contributed by atoms with Gasteiger partial charge in [-0.1, -0.05) is 54.6 Å². The fraction of sp³-hybridized carbons (Fsp3) is 0.136. The summed E-state index contributed by atoms with van der Waals surface area (Å²) in [5.41, 5.74) is 1.29. The molecule has 0 saturated heterocycles. The van der Waals surface area contributed by atoms with Gasteiger partial charge in [0.05, 0.1) is 10.3 Å². The molecule has 0 bridgehead atoms. The highest BCUT2D eigenvalue weighted by Crippen LogP contribution is 2.32. The van der Waals surface area contributed by atoms with Gasteiger partial charge >= 0.3 is 6.18 Å². The van der Waals surface area contributed by atoms with Crippen LogP contribution in [0.15, 0.2) is 78.9 Å². The molecule has 0 saturated carbocycles. The number of nitrogens with zero attached hydrogens (tertiary/aromatic N) is 2. The summed E-state index contributed by atoms with van der Waals surface area (Å²) in [6, 6.07) is 23.3. The monoisotopic (exact) mass is 398 g/mol. The topological polar surface area (TPSA) is 16.1 Å². The SMILES string of the molecule is FC(F)(F)c1ccc(CN(Cc2ccccc2)c2nsc3ccccc23)cc1. The van der Waals surface area contributed by atoms with E-state index in [1.165, 1.54) is 23.7 Å². The minimum absolute atomic E-state index is 0.473. The van der Waals surface area contributed by atoms with Crippen LogP contribution in [0.4, 0.5) is 19.0 Å². The van der Waals surface area contributed by atoms with Gasteiger partial charge in [0.1, 0.15) is 0 Å². The van der Waals surface area contributed by atoms with E-state index >= 15 is 0 Å². The number of aromatic nitrogens is 1. The summed E-state index contributed by atoms with van der Waals surface area (Å²) in [6.07, 6.45) is -4.33. The van der Waals surface area contributed by atoms with Crippen molar-refractivity contribution in [3.63, 3.8) is 0 Å². The van der Waals surface area contributed by atoms with Crippen LogP contribution in [0.5, 0.6) is 0 Å². The Balaban J connectivity index is 1.67. The lowest BCUT2D eigenvalue weighted by Gasteiger charge is -2.23. The molecule has 1 aromatic heterocycles. The third kappa shape index (κ3) is 4.02. The first kappa shape index (κ1) is 18.5. The fourth-order valence-corrected chi connectivity index (χ4v) is 3.93. The second-order valence-electron chi connectivity index (χ2n) is 6.54. The van der Waals surface area contributed by atoms with Crippen molar-refractivity contribution in [3.05, 3.63) is 95.6 Å². The van der Waals surface area contributed by atoms with E-state index in [0.29, 0.717) is 13.1 Å². The van der Waals surface area contributed by atoms with Crippen LogP contribution in [-0.4, -0.2) is 4.37 Å². The minimum Gasteiger partial charge on any atom is -0.347 e. The van der Waals surface area contributed by atoms with E-state index in [1.807, 2.05) is 54.6 Å². The molecule has 6 heteroatoms. The number of benzene rings is 3. The zero-order valence-corrected chi connectivity index (χ0v) is 15.7. The zero-order chi connectivity index (χ0) is 19.6. The van der Waals surface area contributed by atoms with Crippen LogP contribution in [0, 0.1) is 0 Å². The minimum atomic E-state index is -4.33. The molecule has 0 unspecified atom stereocenters. The molecule has 0 aliphatic carbocycles. The maximum atomic E-state index is 12.8. The normalized spacial score (nSPS) is 11.7. The molecular formula is C22H17F3N2S. The van der Waals surface area contributed by atoms with Gasteiger partial charge in [0.25, 0.3) is 0 Å². The predicted octanol–water partition coefficient (Wildman–Crippen LogP) is 6.52. The predicted molar refractivity (Wildman–Crippen MR) is 107 cm³/mol. The average molecular weight is 398 g/mol. The van der Waals surface area contributed by atoms with Crippen molar-refractivity contribution >= 4 is 27.4 Å². The summed E-state index contributed by atoms with van der Waals surface area (Å²) in [4.78, 5) is 2.11. The van der Waals surface area contributed by atoms with Crippen molar-refractivity contribution in [2.45, 2.75) is 19.3 Å². The zero-order valence-electron chi connectivity index (χ0n) is 14.9. The van der Waals surface area contributed by atoms with Crippen molar-refractivity contribution in [2.24, 2.45) is 0 Å². The molecule has 0 fully saturated rings. The molecule has 0 atom stereocenters. The molecule has 0 spiro atoms. The van der Waals surface area contributed by atoms with Crippen LogP contribution in [0.1, 0.15) is 16.7 Å². The van der Waals surface area contributed by atoms with E-state index in [9.17, 15) is 13.2 Å². The van der Waals surface area contributed by atoms with Crippen molar-refractivity contribution in [1.29, 1.82) is 0 Å². The van der Waals surface area contributed by atoms with E-state index in [1.54, 1.807) is 0 Å². The fourth-order valence-electron chi connectivity index (χ4n) is 3.13. The Morgan fingerprint density at radius 2 is 1.36 bits per heavy atom. The van der Waals surface area contributed by atoms with Crippen LogP contribution in [0.25, 0.3) is 10.1 Å². The lowest BCUT2D eigenvalue weighted by molar-refractivity contribution is -0.137. The van der Waals surface area contributed by atoms with Crippen molar-refractivity contribution in [3.8, 4) is 0 Å². The van der Waals surface area contributed by atoms with Crippen molar-refractivity contribution in [1.82, 2.24) is 4.37 Å². The smallest absolute Gasteiger partial charge is 0.347 e. The van der Waals surface area contributed by atoms with E-state index in [0.717, 1.165) is 39.2 Å². The second kappa shape index (κ2) is 7.64. The lowest BCUT2D eigenvalue weighted by Crippen LogP contribution is -2.22. The highest BCUT2D eigenvalue weighted by atomic mass is 32.1. The Hall–Kier alpha value is -2.86. The van der Waals surface area contributed by atoms with Crippen molar-refractivity contribution < 1.29 is 13.2 Å². The molecular weight excluding hydrogens is 381 g/mol. The number of fused-ring (bicyclic) bond motifs is 1. The summed E-state index contributed by atoms with van der Waals surface area (Å²) < 4.78 is 44.3. The van der Waals surface area contributed by atoms with Crippen LogP contribution in [-0.2, 0) is 19.3 Å². The average Bonchev–Trinajstić information content (AvgIpc) is 3.12. The molecule has 0 N–H and O–H groups in total. The molecule has 0 amide bonds. The van der Waals surface area contributed by atoms with Crippen LogP contribution >= 0.6 is 11.5 Å². The largest absolute Gasteiger partial charge is 0.416 e. The summed E-state index contributed by atoms with van der Waals surface area (Å²) in [7, 11) is 0. The molecule has 0 radical (unpaired) electrons. The molecule has 2 nitrogen and oxygen atoms in total.